The van der Waals surface area contributed by atoms with Gasteiger partial charge < -0.3 is 10.5 Å². The molecule has 4 nitrogen and oxygen atoms in total. The number of benzene rings is 2. The Labute approximate surface area is 136 Å². The van der Waals surface area contributed by atoms with Crippen LogP contribution in [0.4, 0.5) is 5.69 Å². The molecule has 2 N–H and O–H groups in total. The maximum absolute atomic E-state index is 6.01. The normalized spacial score (nSPS) is 10.9. The Kier molecular flexibility index (Phi) is 4.33. The standard InChI is InChI=1S/C19H21N3O/c1-14(2)22-12-16(11-21-22)18-10-17(20)8-9-19(18)23-13-15-6-4-3-5-7-15/h3-12,14H,13,20H2,1-2H3. The minimum absolute atomic E-state index is 0.318. The maximum Gasteiger partial charge on any atom is 0.127 e. The highest BCUT2D eigenvalue weighted by Gasteiger charge is 2.11. The van der Waals surface area contributed by atoms with E-state index in [1.165, 1.54) is 0 Å². The fraction of sp³-hybridized carbons (Fsp3) is 0.211. The van der Waals surface area contributed by atoms with Crippen LogP contribution in [0.25, 0.3) is 11.1 Å². The molecule has 0 bridgehead atoms. The molecule has 0 saturated carbocycles. The van der Waals surface area contributed by atoms with E-state index in [4.69, 9.17) is 10.5 Å². The van der Waals surface area contributed by atoms with Crippen LogP contribution >= 0.6 is 0 Å². The molecule has 0 aliphatic heterocycles. The molecule has 23 heavy (non-hydrogen) atoms. The molecular formula is C19H21N3O. The summed E-state index contributed by atoms with van der Waals surface area (Å²) in [4.78, 5) is 0. The Hall–Kier alpha value is -2.75. The second kappa shape index (κ2) is 6.57. The third-order valence-electron chi connectivity index (χ3n) is 3.68. The number of rotatable bonds is 5. The second-order valence-electron chi connectivity index (χ2n) is 5.83. The van der Waals surface area contributed by atoms with Gasteiger partial charge in [-0.15, -0.1) is 0 Å². The van der Waals surface area contributed by atoms with Gasteiger partial charge in [-0.3, -0.25) is 4.68 Å². The summed E-state index contributed by atoms with van der Waals surface area (Å²) in [7, 11) is 0. The highest BCUT2D eigenvalue weighted by molar-refractivity contribution is 5.73. The average molecular weight is 307 g/mol. The molecule has 1 aromatic heterocycles. The van der Waals surface area contributed by atoms with Crippen LogP contribution in [0.1, 0.15) is 25.5 Å². The van der Waals surface area contributed by atoms with Gasteiger partial charge in [-0.05, 0) is 37.6 Å². The molecule has 0 unspecified atom stereocenters. The molecule has 118 valence electrons. The number of ether oxygens (including phenoxy) is 1. The molecule has 0 saturated heterocycles. The molecule has 0 atom stereocenters. The van der Waals surface area contributed by atoms with Crippen molar-refractivity contribution in [2.45, 2.75) is 26.5 Å². The van der Waals surface area contributed by atoms with Crippen molar-refractivity contribution in [3.8, 4) is 16.9 Å². The summed E-state index contributed by atoms with van der Waals surface area (Å²) in [5, 5.41) is 4.40. The van der Waals surface area contributed by atoms with Crippen LogP contribution in [0.3, 0.4) is 0 Å². The Morgan fingerprint density at radius 3 is 2.61 bits per heavy atom. The summed E-state index contributed by atoms with van der Waals surface area (Å²) < 4.78 is 7.94. The van der Waals surface area contributed by atoms with Crippen molar-refractivity contribution in [1.82, 2.24) is 9.78 Å². The Balaban J connectivity index is 1.88. The molecule has 0 fully saturated rings. The topological polar surface area (TPSA) is 53.1 Å². The zero-order valence-corrected chi connectivity index (χ0v) is 13.4. The largest absolute Gasteiger partial charge is 0.488 e. The molecule has 0 aliphatic carbocycles. The van der Waals surface area contributed by atoms with Gasteiger partial charge in [0.25, 0.3) is 0 Å². The zero-order chi connectivity index (χ0) is 16.2. The summed E-state index contributed by atoms with van der Waals surface area (Å²) in [6.07, 6.45) is 3.87. The molecule has 4 heteroatoms. The maximum atomic E-state index is 6.01. The van der Waals surface area contributed by atoms with Crippen LogP contribution in [0.15, 0.2) is 60.9 Å². The number of nitrogens with two attached hydrogens (primary N) is 1. The van der Waals surface area contributed by atoms with Gasteiger partial charge in [0, 0.05) is 29.1 Å². The third-order valence-corrected chi connectivity index (χ3v) is 3.68. The number of hydrogen-bond donors (Lipinski definition) is 1. The quantitative estimate of drug-likeness (QED) is 0.715. The molecule has 3 aromatic rings. The van der Waals surface area contributed by atoms with Crippen molar-refractivity contribution < 1.29 is 4.74 Å². The Morgan fingerprint density at radius 1 is 1.13 bits per heavy atom. The van der Waals surface area contributed by atoms with Gasteiger partial charge in [-0.25, -0.2) is 0 Å². The lowest BCUT2D eigenvalue weighted by Crippen LogP contribution is -2.00. The molecule has 1 heterocycles. The zero-order valence-electron chi connectivity index (χ0n) is 13.4. The van der Waals surface area contributed by atoms with E-state index in [2.05, 4.69) is 18.9 Å². The molecule has 0 spiro atoms. The predicted molar refractivity (Wildman–Crippen MR) is 93.2 cm³/mol. The van der Waals surface area contributed by atoms with Crippen molar-refractivity contribution >= 4 is 5.69 Å². The van der Waals surface area contributed by atoms with Crippen molar-refractivity contribution in [2.24, 2.45) is 0 Å². The minimum Gasteiger partial charge on any atom is -0.488 e. The van der Waals surface area contributed by atoms with Crippen molar-refractivity contribution in [3.05, 3.63) is 66.5 Å². The first-order valence-corrected chi connectivity index (χ1v) is 7.74. The molecule has 2 aromatic carbocycles. The van der Waals surface area contributed by atoms with Crippen LogP contribution in [-0.4, -0.2) is 9.78 Å². The molecular weight excluding hydrogens is 286 g/mol. The summed E-state index contributed by atoms with van der Waals surface area (Å²) >= 11 is 0. The number of aromatic nitrogens is 2. The van der Waals surface area contributed by atoms with Gasteiger partial charge in [-0.2, -0.15) is 5.10 Å². The summed E-state index contributed by atoms with van der Waals surface area (Å²) in [5.41, 5.74) is 9.77. The van der Waals surface area contributed by atoms with Crippen LogP contribution in [-0.2, 0) is 6.61 Å². The van der Waals surface area contributed by atoms with Gasteiger partial charge in [0.1, 0.15) is 12.4 Å². The van der Waals surface area contributed by atoms with Gasteiger partial charge in [-0.1, -0.05) is 30.3 Å². The van der Waals surface area contributed by atoms with E-state index in [0.29, 0.717) is 18.3 Å². The lowest BCUT2D eigenvalue weighted by Gasteiger charge is -2.11. The highest BCUT2D eigenvalue weighted by Crippen LogP contribution is 2.32. The lowest BCUT2D eigenvalue weighted by molar-refractivity contribution is 0.307. The van der Waals surface area contributed by atoms with E-state index in [1.807, 2.05) is 65.6 Å². The van der Waals surface area contributed by atoms with E-state index >= 15 is 0 Å². The molecule has 0 radical (unpaired) electrons. The lowest BCUT2D eigenvalue weighted by atomic mass is 10.1. The molecule has 0 aliphatic rings. The third kappa shape index (κ3) is 3.54. The molecule has 3 rings (SSSR count). The van der Waals surface area contributed by atoms with E-state index < -0.39 is 0 Å². The summed E-state index contributed by atoms with van der Waals surface area (Å²) in [5.74, 6) is 0.811. The minimum atomic E-state index is 0.318. The highest BCUT2D eigenvalue weighted by atomic mass is 16.5. The first-order chi connectivity index (χ1) is 11.1. The summed E-state index contributed by atoms with van der Waals surface area (Å²) in [6.45, 7) is 4.72. The number of nitrogens with zero attached hydrogens (tertiary/aromatic N) is 2. The first kappa shape index (κ1) is 15.2. The number of hydrogen-bond acceptors (Lipinski definition) is 3. The van der Waals surface area contributed by atoms with Gasteiger partial charge in [0.2, 0.25) is 0 Å². The van der Waals surface area contributed by atoms with Crippen molar-refractivity contribution in [3.63, 3.8) is 0 Å². The number of nitrogen functional groups attached to an aromatic ring is 1. The smallest absolute Gasteiger partial charge is 0.127 e. The monoisotopic (exact) mass is 307 g/mol. The van der Waals surface area contributed by atoms with Crippen molar-refractivity contribution in [2.75, 3.05) is 5.73 Å². The van der Waals surface area contributed by atoms with Crippen LogP contribution in [0, 0.1) is 0 Å². The second-order valence-corrected chi connectivity index (χ2v) is 5.83. The van der Waals surface area contributed by atoms with E-state index in [-0.39, 0.29) is 0 Å². The fourth-order valence-corrected chi connectivity index (χ4v) is 2.39. The SMILES string of the molecule is CC(C)n1cc(-c2cc(N)ccc2OCc2ccccc2)cn1. The Bertz CT molecular complexity index is 778. The van der Waals surface area contributed by atoms with E-state index in [1.54, 1.807) is 0 Å². The van der Waals surface area contributed by atoms with E-state index in [0.717, 1.165) is 22.4 Å². The van der Waals surface area contributed by atoms with Crippen LogP contribution in [0.2, 0.25) is 0 Å². The molecule has 0 amide bonds. The van der Waals surface area contributed by atoms with Gasteiger partial charge >= 0.3 is 0 Å². The predicted octanol–water partition coefficient (Wildman–Crippen LogP) is 4.29. The van der Waals surface area contributed by atoms with Gasteiger partial charge in [0.15, 0.2) is 0 Å². The fourth-order valence-electron chi connectivity index (χ4n) is 2.39. The number of anilines is 1. The Morgan fingerprint density at radius 2 is 1.91 bits per heavy atom. The van der Waals surface area contributed by atoms with Crippen molar-refractivity contribution in [1.29, 1.82) is 0 Å². The average Bonchev–Trinajstić information content (AvgIpc) is 3.05. The van der Waals surface area contributed by atoms with Crippen LogP contribution < -0.4 is 10.5 Å². The van der Waals surface area contributed by atoms with E-state index in [9.17, 15) is 0 Å². The van der Waals surface area contributed by atoms with Gasteiger partial charge in [0.05, 0.1) is 6.20 Å². The van der Waals surface area contributed by atoms with Crippen LogP contribution in [0.5, 0.6) is 5.75 Å². The first-order valence-electron chi connectivity index (χ1n) is 7.74. The summed E-state index contributed by atoms with van der Waals surface area (Å²) in [6, 6.07) is 16.1.